The van der Waals surface area contributed by atoms with Crippen molar-refractivity contribution < 1.29 is 9.53 Å². The lowest BCUT2D eigenvalue weighted by Crippen LogP contribution is -2.25. The number of carbonyl (C=O) groups excluding carboxylic acids is 1. The summed E-state index contributed by atoms with van der Waals surface area (Å²) >= 11 is 0. The Kier molecular flexibility index (Phi) is 5.74. The lowest BCUT2D eigenvalue weighted by atomic mass is 9.96. The van der Waals surface area contributed by atoms with E-state index in [2.05, 4.69) is 30.7 Å². The number of nitrogens with zero attached hydrogens (tertiary/aromatic N) is 4. The first kappa shape index (κ1) is 18.5. The third-order valence-corrected chi connectivity index (χ3v) is 4.20. The van der Waals surface area contributed by atoms with Crippen molar-refractivity contribution in [1.29, 1.82) is 5.53 Å². The van der Waals surface area contributed by atoms with Crippen LogP contribution in [-0.4, -0.2) is 33.1 Å². The summed E-state index contributed by atoms with van der Waals surface area (Å²) in [5.41, 5.74) is 13.2. The van der Waals surface area contributed by atoms with Gasteiger partial charge in [-0.05, 0) is 31.7 Å². The Labute approximate surface area is 156 Å². The molecule has 1 aliphatic carbocycles. The van der Waals surface area contributed by atoms with Gasteiger partial charge in [0.25, 0.3) is 5.91 Å². The highest BCUT2D eigenvalue weighted by Gasteiger charge is 2.20. The van der Waals surface area contributed by atoms with E-state index >= 15 is 0 Å². The summed E-state index contributed by atoms with van der Waals surface area (Å²) in [6, 6.07) is 3.47. The first-order valence-corrected chi connectivity index (χ1v) is 8.78. The zero-order chi connectivity index (χ0) is 19.2. The van der Waals surface area contributed by atoms with Crippen LogP contribution in [-0.2, 0) is 0 Å². The predicted molar refractivity (Wildman–Crippen MR) is 99.2 cm³/mol. The fraction of sp³-hybridized carbons (Fsp3) is 0.412. The molecule has 1 amide bonds. The molecule has 2 aromatic rings. The standard InChI is InChI=1S/C17H22N8O2/c1-2-12(25-19)23-13-9-21-15(16(18)26)17(24-13)22-10-6-7-20-14(8-10)27-11-4-3-5-11/h6-9,11-12,19H,2-5H2,1H3,(H2,18,26)(H2,20,22,23,24)/t12-/m0/s1. The molecule has 0 aliphatic heterocycles. The molecule has 10 nitrogen and oxygen atoms in total. The van der Waals surface area contributed by atoms with Gasteiger partial charge in [0.2, 0.25) is 5.88 Å². The van der Waals surface area contributed by atoms with Gasteiger partial charge in [-0.3, -0.25) is 4.79 Å². The van der Waals surface area contributed by atoms with Gasteiger partial charge in [0.15, 0.2) is 11.5 Å². The molecule has 1 saturated carbocycles. The fourth-order valence-electron chi connectivity index (χ4n) is 2.47. The molecule has 1 aliphatic rings. The molecule has 2 aromatic heterocycles. The van der Waals surface area contributed by atoms with E-state index in [4.69, 9.17) is 16.0 Å². The molecule has 0 radical (unpaired) electrons. The average Bonchev–Trinajstić information content (AvgIpc) is 2.63. The number of aromatic nitrogens is 3. The molecule has 0 aromatic carbocycles. The molecule has 1 fully saturated rings. The van der Waals surface area contributed by atoms with Gasteiger partial charge >= 0.3 is 0 Å². The van der Waals surface area contributed by atoms with E-state index < -0.39 is 12.1 Å². The highest BCUT2D eigenvalue weighted by Crippen LogP contribution is 2.26. The minimum atomic E-state index is -0.700. The van der Waals surface area contributed by atoms with Gasteiger partial charge < -0.3 is 21.1 Å². The SMILES string of the molecule is CC[C@H](N=N)Nc1cnc(C(N)=O)c(Nc2ccnc(OC3CCC3)c2)n1. The van der Waals surface area contributed by atoms with E-state index in [1.807, 2.05) is 6.92 Å². The van der Waals surface area contributed by atoms with Crippen LogP contribution in [0, 0.1) is 5.53 Å². The molecule has 27 heavy (non-hydrogen) atoms. The van der Waals surface area contributed by atoms with Crippen LogP contribution < -0.4 is 21.1 Å². The van der Waals surface area contributed by atoms with Crippen LogP contribution in [0.15, 0.2) is 29.6 Å². The van der Waals surface area contributed by atoms with Crippen LogP contribution in [0.3, 0.4) is 0 Å². The van der Waals surface area contributed by atoms with Crippen LogP contribution >= 0.6 is 0 Å². The van der Waals surface area contributed by atoms with Crippen molar-refractivity contribution >= 4 is 23.2 Å². The first-order chi connectivity index (χ1) is 13.1. The van der Waals surface area contributed by atoms with Gasteiger partial charge in [-0.15, -0.1) is 0 Å². The molecular formula is C17H22N8O2. The minimum absolute atomic E-state index is 0.00897. The summed E-state index contributed by atoms with van der Waals surface area (Å²) in [6.07, 6.45) is 6.63. The minimum Gasteiger partial charge on any atom is -0.474 e. The number of ether oxygens (including phenoxy) is 1. The van der Waals surface area contributed by atoms with Gasteiger partial charge in [0.1, 0.15) is 18.1 Å². The van der Waals surface area contributed by atoms with Crippen LogP contribution in [0.1, 0.15) is 43.1 Å². The summed E-state index contributed by atoms with van der Waals surface area (Å²) in [5.74, 6) is 0.388. The lowest BCUT2D eigenvalue weighted by molar-refractivity contribution is 0.0996. The van der Waals surface area contributed by atoms with Gasteiger partial charge in [-0.25, -0.2) is 20.5 Å². The largest absolute Gasteiger partial charge is 0.474 e. The average molecular weight is 370 g/mol. The molecule has 3 rings (SSSR count). The second-order valence-corrected chi connectivity index (χ2v) is 6.19. The molecule has 0 unspecified atom stereocenters. The number of carbonyl (C=O) groups is 1. The van der Waals surface area contributed by atoms with Crippen molar-refractivity contribution in [3.05, 3.63) is 30.2 Å². The molecule has 142 valence electrons. The maximum absolute atomic E-state index is 11.7. The van der Waals surface area contributed by atoms with E-state index in [1.165, 1.54) is 12.6 Å². The first-order valence-electron chi connectivity index (χ1n) is 8.78. The zero-order valence-corrected chi connectivity index (χ0v) is 15.0. The molecule has 10 heteroatoms. The highest BCUT2D eigenvalue weighted by atomic mass is 16.5. The van der Waals surface area contributed by atoms with Crippen molar-refractivity contribution in [3.63, 3.8) is 0 Å². The number of nitrogens with two attached hydrogens (primary N) is 1. The number of anilines is 3. The maximum Gasteiger partial charge on any atom is 0.271 e. The Hall–Kier alpha value is -3.30. The van der Waals surface area contributed by atoms with E-state index in [9.17, 15) is 4.79 Å². The second-order valence-electron chi connectivity index (χ2n) is 6.19. The Bertz CT molecular complexity index is 824. The molecule has 5 N–H and O–H groups in total. The second kappa shape index (κ2) is 8.39. The topological polar surface area (TPSA) is 151 Å². The maximum atomic E-state index is 11.7. The van der Waals surface area contributed by atoms with Crippen LogP contribution in [0.5, 0.6) is 5.88 Å². The van der Waals surface area contributed by atoms with Crippen molar-refractivity contribution in [2.24, 2.45) is 10.8 Å². The number of rotatable bonds is 9. The number of pyridine rings is 1. The lowest BCUT2D eigenvalue weighted by Gasteiger charge is -2.25. The molecule has 0 saturated heterocycles. The van der Waals surface area contributed by atoms with Gasteiger partial charge in [-0.2, -0.15) is 5.11 Å². The highest BCUT2D eigenvalue weighted by molar-refractivity contribution is 5.96. The third-order valence-electron chi connectivity index (χ3n) is 4.20. The molecule has 2 heterocycles. The van der Waals surface area contributed by atoms with Crippen molar-refractivity contribution in [3.8, 4) is 5.88 Å². The van der Waals surface area contributed by atoms with E-state index in [-0.39, 0.29) is 17.6 Å². The summed E-state index contributed by atoms with van der Waals surface area (Å²) in [7, 11) is 0. The summed E-state index contributed by atoms with van der Waals surface area (Å²) in [6.45, 7) is 1.89. The van der Waals surface area contributed by atoms with Crippen LogP contribution in [0.2, 0.25) is 0 Å². The fourth-order valence-corrected chi connectivity index (χ4v) is 2.47. The Morgan fingerprint density at radius 2 is 2.30 bits per heavy atom. The summed E-state index contributed by atoms with van der Waals surface area (Å²) in [4.78, 5) is 24.3. The Morgan fingerprint density at radius 3 is 2.93 bits per heavy atom. The molecule has 0 spiro atoms. The van der Waals surface area contributed by atoms with Gasteiger partial charge in [-0.1, -0.05) is 6.92 Å². The van der Waals surface area contributed by atoms with Gasteiger partial charge in [0.05, 0.1) is 6.20 Å². The van der Waals surface area contributed by atoms with Gasteiger partial charge in [0, 0.05) is 18.0 Å². The molecule has 0 bridgehead atoms. The van der Waals surface area contributed by atoms with Crippen LogP contribution in [0.4, 0.5) is 17.3 Å². The normalized spacial score (nSPS) is 14.7. The number of hydrogen-bond acceptors (Lipinski definition) is 9. The van der Waals surface area contributed by atoms with Crippen molar-refractivity contribution in [1.82, 2.24) is 15.0 Å². The summed E-state index contributed by atoms with van der Waals surface area (Å²) < 4.78 is 5.79. The zero-order valence-electron chi connectivity index (χ0n) is 15.0. The van der Waals surface area contributed by atoms with E-state index in [1.54, 1.807) is 18.3 Å². The number of hydrogen-bond donors (Lipinski definition) is 4. The Morgan fingerprint density at radius 1 is 1.48 bits per heavy atom. The molecule has 1 atom stereocenters. The number of primary amides is 1. The smallest absolute Gasteiger partial charge is 0.271 e. The Balaban J connectivity index is 1.82. The summed E-state index contributed by atoms with van der Waals surface area (Å²) in [5, 5.41) is 9.47. The van der Waals surface area contributed by atoms with E-state index in [0.717, 1.165) is 12.8 Å². The quantitative estimate of drug-likeness (QED) is 0.495. The third kappa shape index (κ3) is 4.66. The number of amides is 1. The molecular weight excluding hydrogens is 348 g/mol. The van der Waals surface area contributed by atoms with Crippen molar-refractivity contribution in [2.45, 2.75) is 44.9 Å². The number of nitrogens with one attached hydrogen (secondary N) is 3. The van der Waals surface area contributed by atoms with Crippen LogP contribution in [0.25, 0.3) is 0 Å². The van der Waals surface area contributed by atoms with Crippen molar-refractivity contribution in [2.75, 3.05) is 10.6 Å². The monoisotopic (exact) mass is 370 g/mol. The predicted octanol–water partition coefficient (Wildman–Crippen LogP) is 2.82. The van der Waals surface area contributed by atoms with E-state index in [0.29, 0.717) is 23.8 Å².